The van der Waals surface area contributed by atoms with Crippen LogP contribution in [0.2, 0.25) is 0 Å². The number of carbonyl (C=O) groups excluding carboxylic acids is 2. The van der Waals surface area contributed by atoms with Crippen LogP contribution >= 0.6 is 31.8 Å². The van der Waals surface area contributed by atoms with E-state index in [1.165, 1.54) is 52.8 Å². The minimum absolute atomic E-state index is 0. The van der Waals surface area contributed by atoms with E-state index in [2.05, 4.69) is 151 Å². The first-order chi connectivity index (χ1) is 27.4. The minimum atomic E-state index is -1.09. The minimum Gasteiger partial charge on any atom is -0.496 e. The zero-order valence-electron chi connectivity index (χ0n) is 41.8. The van der Waals surface area contributed by atoms with Gasteiger partial charge in [-0.05, 0) is 83.3 Å². The molecule has 9 nitrogen and oxygen atoms in total. The van der Waals surface area contributed by atoms with Crippen LogP contribution in [-0.4, -0.2) is 98.3 Å². The van der Waals surface area contributed by atoms with E-state index in [-0.39, 0.29) is 64.7 Å². The number of aromatic nitrogens is 2. The number of amides is 2. The van der Waals surface area contributed by atoms with Crippen molar-refractivity contribution in [3.63, 3.8) is 0 Å². The average Bonchev–Trinajstić information content (AvgIpc) is 3.08. The topological polar surface area (TPSA) is 94.1 Å². The van der Waals surface area contributed by atoms with Crippen molar-refractivity contribution in [3.8, 4) is 17.0 Å². The smallest absolute Gasteiger partial charge is 0.277 e. The van der Waals surface area contributed by atoms with Crippen molar-refractivity contribution in [1.82, 2.24) is 20.1 Å². The Labute approximate surface area is 398 Å². The number of methoxy groups -OCH3 is 1. The third-order valence-corrected chi connectivity index (χ3v) is 17.1. The van der Waals surface area contributed by atoms with Crippen LogP contribution < -0.4 is 4.74 Å². The van der Waals surface area contributed by atoms with Crippen LogP contribution in [0.5, 0.6) is 5.75 Å². The van der Waals surface area contributed by atoms with Crippen molar-refractivity contribution in [1.29, 1.82) is 0 Å². The first-order valence-electron chi connectivity index (χ1n) is 20.2. The molecule has 0 saturated carbocycles. The largest absolute Gasteiger partial charge is 0.496 e. The molecule has 0 bridgehead atoms. The number of hydroxylamine groups is 4. The Morgan fingerprint density at radius 3 is 1.21 bits per heavy atom. The van der Waals surface area contributed by atoms with E-state index in [1.54, 1.807) is 25.4 Å². The SMILES string of the molecule is CC(C)(C)P(C(C)(C)C)C(C)(C)C.CC(C)(C)P(C(C)(C)C)C(C)(C)C.CON(C)C(=O)c1ccnc(Br)c1.COc1ccc(F)c(F)c1-c1cc(C(=O)N(C)OC)ccn1.[Pd]. The summed E-state index contributed by atoms with van der Waals surface area (Å²) in [6.45, 7) is 42.9. The molecule has 0 spiro atoms. The van der Waals surface area contributed by atoms with E-state index in [0.717, 1.165) is 16.2 Å². The molecule has 0 saturated heterocycles. The van der Waals surface area contributed by atoms with Crippen LogP contribution in [0.3, 0.4) is 0 Å². The van der Waals surface area contributed by atoms with Crippen LogP contribution in [0, 0.1) is 11.6 Å². The third kappa shape index (κ3) is 20.1. The number of pyridine rings is 2. The van der Waals surface area contributed by atoms with E-state index >= 15 is 0 Å². The zero-order valence-corrected chi connectivity index (χ0v) is 46.7. The first kappa shape index (κ1) is 62.1. The van der Waals surface area contributed by atoms with E-state index in [1.807, 2.05) is 0 Å². The van der Waals surface area contributed by atoms with E-state index in [0.29, 0.717) is 41.1 Å². The predicted octanol–water partition coefficient (Wildman–Crippen LogP) is 13.9. The van der Waals surface area contributed by atoms with Crippen molar-refractivity contribution in [2.24, 2.45) is 0 Å². The Morgan fingerprint density at radius 1 is 0.581 bits per heavy atom. The van der Waals surface area contributed by atoms with Gasteiger partial charge < -0.3 is 4.74 Å². The van der Waals surface area contributed by atoms with Gasteiger partial charge in [-0.25, -0.2) is 23.9 Å². The van der Waals surface area contributed by atoms with Crippen molar-refractivity contribution in [2.75, 3.05) is 35.4 Å². The molecule has 15 heteroatoms. The van der Waals surface area contributed by atoms with Gasteiger partial charge in [0.15, 0.2) is 11.6 Å². The van der Waals surface area contributed by atoms with Crippen LogP contribution in [0.1, 0.15) is 145 Å². The van der Waals surface area contributed by atoms with E-state index in [9.17, 15) is 18.4 Å². The zero-order chi connectivity index (χ0) is 48.3. The van der Waals surface area contributed by atoms with Crippen molar-refractivity contribution in [2.45, 2.75) is 156 Å². The summed E-state index contributed by atoms with van der Waals surface area (Å²) in [4.78, 5) is 41.0. The summed E-state index contributed by atoms with van der Waals surface area (Å²) in [5, 5.41) is 4.87. The number of ether oxygens (including phenoxy) is 1. The fraction of sp³-hybridized carbons (Fsp3) is 0.617. The van der Waals surface area contributed by atoms with Crippen molar-refractivity contribution < 1.29 is 53.2 Å². The number of hydrogen-bond donors (Lipinski definition) is 0. The Hall–Kier alpha value is -1.96. The summed E-state index contributed by atoms with van der Waals surface area (Å²) < 4.78 is 33.2. The van der Waals surface area contributed by atoms with E-state index < -0.39 is 17.5 Å². The number of benzene rings is 1. The van der Waals surface area contributed by atoms with Gasteiger partial charge in [0.2, 0.25) is 0 Å². The molecule has 62 heavy (non-hydrogen) atoms. The second-order valence-electron chi connectivity index (χ2n) is 20.4. The van der Waals surface area contributed by atoms with Crippen molar-refractivity contribution in [3.05, 3.63) is 76.2 Å². The van der Waals surface area contributed by atoms with Gasteiger partial charge in [0.05, 0.1) is 32.6 Å². The quantitative estimate of drug-likeness (QED) is 0.105. The standard InChI is InChI=1S/C15H14F2N2O3.2C12H27P.C8H9BrN2O2.Pd/c1-19(22-3)15(20)9-6-7-18-11(8-9)13-12(21-2)5-4-10(16)14(13)17;2*1-10(2,3)13(11(4,5)6)12(7,8)9;1-11(13-2)8(12)6-3-4-10-7(9)5-6;/h4-8H,1-3H3;2*1-9H3;3-5H,1-2H3;. The Balaban J connectivity index is 0. The van der Waals surface area contributed by atoms with Gasteiger partial charge in [-0.2, -0.15) is 0 Å². The Bertz CT molecular complexity index is 1760. The summed E-state index contributed by atoms with van der Waals surface area (Å²) >= 11 is 3.18. The van der Waals surface area contributed by atoms with Gasteiger partial charge in [-0.1, -0.05) is 140 Å². The second kappa shape index (κ2) is 25.1. The molecule has 0 fully saturated rings. The van der Waals surface area contributed by atoms with Gasteiger partial charge in [0.1, 0.15) is 10.4 Å². The molecule has 2 aromatic heterocycles. The third-order valence-electron chi connectivity index (χ3n) is 8.66. The molecule has 356 valence electrons. The molecule has 0 radical (unpaired) electrons. The maximum absolute atomic E-state index is 14.1. The fourth-order valence-corrected chi connectivity index (χ4v) is 21.2. The summed E-state index contributed by atoms with van der Waals surface area (Å²) in [5.41, 5.74) is 0.702. The van der Waals surface area contributed by atoms with E-state index in [4.69, 9.17) is 14.4 Å². The van der Waals surface area contributed by atoms with Gasteiger partial charge >= 0.3 is 0 Å². The molecule has 2 heterocycles. The molecule has 0 aliphatic rings. The summed E-state index contributed by atoms with van der Waals surface area (Å²) in [7, 11) is 7.14. The molecule has 0 unspecified atom stereocenters. The number of carbonyl (C=O) groups is 2. The number of rotatable bonds is 6. The number of nitrogens with zero attached hydrogens (tertiary/aromatic N) is 4. The number of halogens is 3. The van der Waals surface area contributed by atoms with Crippen LogP contribution in [0.15, 0.2) is 53.4 Å². The predicted molar refractivity (Wildman–Crippen MR) is 259 cm³/mol. The normalized spacial score (nSPS) is 12.1. The molecule has 0 N–H and O–H groups in total. The molecule has 0 aliphatic heterocycles. The van der Waals surface area contributed by atoms with Gasteiger partial charge in [-0.3, -0.25) is 24.2 Å². The molecule has 2 amide bonds. The fourth-order valence-electron chi connectivity index (χ4n) is 8.74. The molecular weight excluding hydrogens is 987 g/mol. The molecule has 0 aliphatic carbocycles. The monoisotopic (exact) mass is 1060 g/mol. The number of hydrogen-bond acceptors (Lipinski definition) is 7. The van der Waals surface area contributed by atoms with Crippen LogP contribution in [0.25, 0.3) is 11.3 Å². The maximum atomic E-state index is 14.1. The van der Waals surface area contributed by atoms with Crippen molar-refractivity contribution >= 4 is 43.6 Å². The molecule has 3 aromatic rings. The Morgan fingerprint density at radius 2 is 0.919 bits per heavy atom. The summed E-state index contributed by atoms with van der Waals surface area (Å²) in [6, 6.07) is 8.32. The van der Waals surface area contributed by atoms with Gasteiger partial charge in [0, 0.05) is 58.0 Å². The van der Waals surface area contributed by atoms with Gasteiger partial charge in [-0.15, -0.1) is 0 Å². The molecule has 0 atom stereocenters. The second-order valence-corrected chi connectivity index (χ2v) is 30.6. The molecule has 3 rings (SSSR count). The Kier molecular flexibility index (Phi) is 25.1. The first-order valence-corrected chi connectivity index (χ1v) is 23.7. The molecule has 1 aromatic carbocycles. The summed E-state index contributed by atoms with van der Waals surface area (Å²) in [5.74, 6) is -2.64. The van der Waals surface area contributed by atoms with Crippen LogP contribution in [0.4, 0.5) is 8.78 Å². The average molecular weight is 1060 g/mol. The maximum Gasteiger partial charge on any atom is 0.277 e. The van der Waals surface area contributed by atoms with Gasteiger partial charge in [0.25, 0.3) is 11.8 Å². The van der Waals surface area contributed by atoms with Crippen LogP contribution in [-0.2, 0) is 30.1 Å². The summed E-state index contributed by atoms with van der Waals surface area (Å²) in [6.07, 6.45) is 2.89. The molecular formula is C47H77BrF2N4O5P2Pd.